The topological polar surface area (TPSA) is 89.0 Å². The molecule has 0 bridgehead atoms. The van der Waals surface area contributed by atoms with Gasteiger partial charge in [-0.3, -0.25) is 0 Å². The number of aromatic nitrogens is 1. The van der Waals surface area contributed by atoms with Crippen LogP contribution in [0.25, 0.3) is 0 Å². The Hall–Kier alpha value is -2.46. The van der Waals surface area contributed by atoms with Gasteiger partial charge < -0.3 is 14.6 Å². The minimum absolute atomic E-state index is 0.0358. The highest BCUT2D eigenvalue weighted by Gasteiger charge is 2.38. The lowest BCUT2D eigenvalue weighted by atomic mass is 10.2. The first kappa shape index (κ1) is 21.8. The first-order valence-electron chi connectivity index (χ1n) is 9.91. The van der Waals surface area contributed by atoms with E-state index in [1.807, 2.05) is 24.3 Å². The minimum atomic E-state index is -3.60. The highest BCUT2D eigenvalue weighted by molar-refractivity contribution is 7.89. The van der Waals surface area contributed by atoms with Gasteiger partial charge in [0, 0.05) is 18.0 Å². The van der Waals surface area contributed by atoms with Crippen LogP contribution < -0.4 is 9.47 Å². The predicted molar refractivity (Wildman–Crippen MR) is 118 cm³/mol. The van der Waals surface area contributed by atoms with Crippen molar-refractivity contribution in [2.75, 3.05) is 7.11 Å². The summed E-state index contributed by atoms with van der Waals surface area (Å²) in [6, 6.07) is 14.0. The Morgan fingerprint density at radius 1 is 1.10 bits per heavy atom. The summed E-state index contributed by atoms with van der Waals surface area (Å²) in [6.45, 7) is 0.553. The largest absolute Gasteiger partial charge is 0.497 e. The molecule has 0 unspecified atom stereocenters. The number of rotatable bonds is 10. The molecule has 1 heterocycles. The van der Waals surface area contributed by atoms with Gasteiger partial charge in [0.25, 0.3) is 0 Å². The maximum atomic E-state index is 13.2. The van der Waals surface area contributed by atoms with E-state index in [9.17, 15) is 8.42 Å². The van der Waals surface area contributed by atoms with Crippen LogP contribution in [0.4, 0.5) is 0 Å². The van der Waals surface area contributed by atoms with E-state index in [1.54, 1.807) is 41.1 Å². The van der Waals surface area contributed by atoms with Crippen LogP contribution in [0.3, 0.4) is 0 Å². The first-order valence-corrected chi connectivity index (χ1v) is 12.2. The van der Waals surface area contributed by atoms with Crippen LogP contribution in [0.2, 0.25) is 0 Å². The quantitative estimate of drug-likeness (QED) is 0.498. The number of benzene rings is 2. The molecule has 1 aliphatic carbocycles. The molecule has 0 amide bonds. The molecular weight excluding hydrogens is 436 g/mol. The maximum absolute atomic E-state index is 13.2. The molecule has 0 atom stereocenters. The van der Waals surface area contributed by atoms with E-state index >= 15 is 0 Å². The summed E-state index contributed by atoms with van der Waals surface area (Å²) in [7, 11) is -2.05. The molecule has 3 aromatic rings. The minimum Gasteiger partial charge on any atom is -0.497 e. The standard InChI is InChI=1S/C22H24N2O5S2/c1-28-19-8-10-21(11-9-19)31(26,27)24(18-4-5-18)12-16-2-6-20(7-3-16)29-14-22-23-17(13-25)15-30-22/h2-3,6-11,15,18,25H,4-5,12-14H2,1H3. The Labute approximate surface area is 185 Å². The zero-order valence-corrected chi connectivity index (χ0v) is 18.7. The number of hydrogen-bond acceptors (Lipinski definition) is 7. The second-order valence-corrected chi connectivity index (χ2v) is 10.1. The average Bonchev–Trinajstić information content (AvgIpc) is 3.53. The van der Waals surface area contributed by atoms with E-state index in [0.717, 1.165) is 23.4 Å². The summed E-state index contributed by atoms with van der Waals surface area (Å²) in [6.07, 6.45) is 1.75. The van der Waals surface area contributed by atoms with Crippen LogP contribution in [-0.2, 0) is 29.8 Å². The number of nitrogens with zero attached hydrogens (tertiary/aromatic N) is 2. The van der Waals surface area contributed by atoms with Gasteiger partial charge in [-0.25, -0.2) is 13.4 Å². The van der Waals surface area contributed by atoms with Crippen LogP contribution >= 0.6 is 11.3 Å². The van der Waals surface area contributed by atoms with E-state index in [0.29, 0.717) is 30.3 Å². The van der Waals surface area contributed by atoms with Crippen LogP contribution in [-0.4, -0.2) is 36.0 Å². The molecule has 1 saturated carbocycles. The molecule has 0 saturated heterocycles. The van der Waals surface area contributed by atoms with Gasteiger partial charge >= 0.3 is 0 Å². The smallest absolute Gasteiger partial charge is 0.243 e. The van der Waals surface area contributed by atoms with Crippen LogP contribution in [0.1, 0.15) is 29.1 Å². The van der Waals surface area contributed by atoms with Gasteiger partial charge in [0.1, 0.15) is 23.1 Å². The lowest BCUT2D eigenvalue weighted by Gasteiger charge is -2.22. The Bertz CT molecular complexity index is 1110. The highest BCUT2D eigenvalue weighted by Crippen LogP contribution is 2.34. The second-order valence-electron chi connectivity index (χ2n) is 7.28. The van der Waals surface area contributed by atoms with Crippen molar-refractivity contribution in [1.82, 2.24) is 9.29 Å². The lowest BCUT2D eigenvalue weighted by molar-refractivity contribution is 0.275. The van der Waals surface area contributed by atoms with Crippen molar-refractivity contribution in [2.24, 2.45) is 0 Å². The van der Waals surface area contributed by atoms with E-state index in [1.165, 1.54) is 11.3 Å². The van der Waals surface area contributed by atoms with Gasteiger partial charge in [-0.15, -0.1) is 11.3 Å². The summed E-state index contributed by atoms with van der Waals surface area (Å²) < 4.78 is 38.9. The maximum Gasteiger partial charge on any atom is 0.243 e. The van der Waals surface area contributed by atoms with E-state index in [2.05, 4.69) is 4.98 Å². The number of sulfonamides is 1. The van der Waals surface area contributed by atoms with E-state index in [4.69, 9.17) is 14.6 Å². The van der Waals surface area contributed by atoms with Crippen molar-refractivity contribution < 1.29 is 23.0 Å². The van der Waals surface area contributed by atoms with E-state index < -0.39 is 10.0 Å². The fourth-order valence-corrected chi connectivity index (χ4v) is 5.53. The van der Waals surface area contributed by atoms with Crippen LogP contribution in [0.5, 0.6) is 11.5 Å². The normalized spacial score (nSPS) is 14.0. The molecule has 9 heteroatoms. The fourth-order valence-electron chi connectivity index (χ4n) is 3.16. The summed E-state index contributed by atoms with van der Waals surface area (Å²) in [5.41, 5.74) is 1.53. The summed E-state index contributed by atoms with van der Waals surface area (Å²) >= 11 is 1.44. The average molecular weight is 461 g/mol. The third-order valence-electron chi connectivity index (χ3n) is 5.01. The third-order valence-corrected chi connectivity index (χ3v) is 7.79. The molecule has 31 heavy (non-hydrogen) atoms. The first-order chi connectivity index (χ1) is 15.0. The Balaban J connectivity index is 1.43. The van der Waals surface area contributed by atoms with E-state index in [-0.39, 0.29) is 17.5 Å². The van der Waals surface area contributed by atoms with Crippen molar-refractivity contribution >= 4 is 21.4 Å². The number of aliphatic hydroxyl groups excluding tert-OH is 1. The number of thiazole rings is 1. The van der Waals surface area contributed by atoms with Crippen molar-refractivity contribution in [3.8, 4) is 11.5 Å². The third kappa shape index (κ3) is 5.24. The van der Waals surface area contributed by atoms with Crippen molar-refractivity contribution in [1.29, 1.82) is 0 Å². The lowest BCUT2D eigenvalue weighted by Crippen LogP contribution is -2.32. The Morgan fingerprint density at radius 2 is 1.77 bits per heavy atom. The van der Waals surface area contributed by atoms with Gasteiger partial charge in [-0.2, -0.15) is 4.31 Å². The zero-order chi connectivity index (χ0) is 21.8. The van der Waals surface area contributed by atoms with Crippen molar-refractivity contribution in [2.45, 2.75) is 43.5 Å². The SMILES string of the molecule is COc1ccc(S(=O)(=O)N(Cc2ccc(OCc3nc(CO)cs3)cc2)C2CC2)cc1. The van der Waals surface area contributed by atoms with Crippen LogP contribution in [0.15, 0.2) is 58.8 Å². The summed E-state index contributed by atoms with van der Waals surface area (Å²) in [4.78, 5) is 4.53. The molecule has 164 valence electrons. The van der Waals surface area contributed by atoms with Gasteiger partial charge in [0.15, 0.2) is 0 Å². The Kier molecular flexibility index (Phi) is 6.57. The zero-order valence-electron chi connectivity index (χ0n) is 17.1. The van der Waals surface area contributed by atoms with Gasteiger partial charge in [0.2, 0.25) is 10.0 Å². The second kappa shape index (κ2) is 9.35. The fraction of sp³-hybridized carbons (Fsp3) is 0.318. The predicted octanol–water partition coefficient (Wildman–Crippen LogP) is 3.58. The molecule has 0 radical (unpaired) electrons. The van der Waals surface area contributed by atoms with Gasteiger partial charge in [-0.1, -0.05) is 12.1 Å². The molecule has 1 aromatic heterocycles. The molecule has 4 rings (SSSR count). The van der Waals surface area contributed by atoms with Gasteiger partial charge in [-0.05, 0) is 54.8 Å². The van der Waals surface area contributed by atoms with Crippen molar-refractivity contribution in [3.05, 3.63) is 70.2 Å². The number of aliphatic hydroxyl groups is 1. The Morgan fingerprint density at radius 3 is 2.35 bits per heavy atom. The molecule has 0 aliphatic heterocycles. The molecule has 7 nitrogen and oxygen atoms in total. The summed E-state index contributed by atoms with van der Waals surface area (Å²) in [5.74, 6) is 1.30. The van der Waals surface area contributed by atoms with Crippen LogP contribution in [0, 0.1) is 0 Å². The molecule has 1 fully saturated rings. The molecule has 1 aliphatic rings. The van der Waals surface area contributed by atoms with Crippen molar-refractivity contribution in [3.63, 3.8) is 0 Å². The molecule has 2 aromatic carbocycles. The molecule has 0 spiro atoms. The molecular formula is C22H24N2O5S2. The summed E-state index contributed by atoms with van der Waals surface area (Å²) in [5, 5.41) is 11.7. The number of hydrogen-bond donors (Lipinski definition) is 1. The highest BCUT2D eigenvalue weighted by atomic mass is 32.2. The monoisotopic (exact) mass is 460 g/mol. The number of methoxy groups -OCH3 is 1. The van der Waals surface area contributed by atoms with Gasteiger partial charge in [0.05, 0.1) is 24.3 Å². The molecule has 1 N–H and O–H groups in total. The number of ether oxygens (including phenoxy) is 2.